The maximum Gasteiger partial charge on any atom is 0.240 e. The molecule has 0 bridgehead atoms. The first kappa shape index (κ1) is 18.2. The second-order valence-corrected chi connectivity index (χ2v) is 7.15. The van der Waals surface area contributed by atoms with Crippen molar-refractivity contribution in [2.75, 3.05) is 0 Å². The number of aryl methyl sites for hydroxylation is 1. The lowest BCUT2D eigenvalue weighted by Gasteiger charge is -2.07. The molecule has 0 saturated heterocycles. The molecule has 0 saturated carbocycles. The average molecular weight is 382 g/mol. The molecule has 0 aliphatic heterocycles. The summed E-state index contributed by atoms with van der Waals surface area (Å²) in [6.45, 7) is 0.548. The summed E-state index contributed by atoms with van der Waals surface area (Å²) in [5.74, 6) is -1.78. The number of primary sulfonamides is 1. The van der Waals surface area contributed by atoms with Crippen molar-refractivity contribution in [2.24, 2.45) is 5.14 Å². The Balaban J connectivity index is 2.20. The van der Waals surface area contributed by atoms with Crippen molar-refractivity contribution in [3.05, 3.63) is 59.4 Å². The van der Waals surface area contributed by atoms with E-state index < -0.39 is 33.2 Å². The number of hydrogen-bond donors (Lipinski definition) is 1. The zero-order valence-corrected chi connectivity index (χ0v) is 14.3. The molecule has 1 heterocycles. The molecule has 0 atom stereocenters. The fourth-order valence-corrected chi connectivity index (χ4v) is 3.13. The average Bonchev–Trinajstić information content (AvgIpc) is 3.00. The van der Waals surface area contributed by atoms with Crippen LogP contribution in [0.5, 0.6) is 0 Å². The van der Waals surface area contributed by atoms with Crippen molar-refractivity contribution >= 4 is 10.0 Å². The quantitative estimate of drug-likeness (QED) is 0.745. The smallest absolute Gasteiger partial charge is 0.240 e. The Morgan fingerprint density at radius 3 is 2.31 bits per heavy atom. The molecule has 0 aliphatic rings. The number of halogens is 3. The number of nitrogens with two attached hydrogens (primary N) is 1. The van der Waals surface area contributed by atoms with Gasteiger partial charge in [0.1, 0.15) is 22.2 Å². The Kier molecular flexibility index (Phi) is 4.59. The normalized spacial score (nSPS) is 11.7. The van der Waals surface area contributed by atoms with E-state index >= 15 is 0 Å². The molecule has 5 nitrogen and oxygen atoms in total. The second-order valence-electron chi connectivity index (χ2n) is 5.62. The van der Waals surface area contributed by atoms with Gasteiger partial charge in [-0.05, 0) is 36.2 Å². The molecule has 0 fully saturated rings. The Labute approximate surface area is 147 Å². The summed E-state index contributed by atoms with van der Waals surface area (Å²) in [5, 5.41) is 8.69. The van der Waals surface area contributed by atoms with Crippen LogP contribution in [0.2, 0.25) is 0 Å². The van der Waals surface area contributed by atoms with Gasteiger partial charge in [0.25, 0.3) is 0 Å². The van der Waals surface area contributed by atoms with E-state index in [0.29, 0.717) is 11.1 Å². The monoisotopic (exact) mass is 382 g/mol. The van der Waals surface area contributed by atoms with E-state index in [4.69, 9.17) is 9.66 Å². The molecule has 0 radical (unpaired) electrons. The lowest BCUT2D eigenvalue weighted by atomic mass is 9.98. The highest BCUT2D eigenvalue weighted by Gasteiger charge is 2.22. The van der Waals surface area contributed by atoms with Gasteiger partial charge in [-0.25, -0.2) is 26.7 Å². The predicted molar refractivity (Wildman–Crippen MR) is 88.2 cm³/mol. The third-order valence-electron chi connectivity index (χ3n) is 3.86. The number of aromatic nitrogens is 1. The molecule has 3 rings (SSSR count). The lowest BCUT2D eigenvalue weighted by Crippen LogP contribution is -2.14. The zero-order chi connectivity index (χ0) is 19.1. The van der Waals surface area contributed by atoms with Crippen molar-refractivity contribution in [1.29, 1.82) is 0 Å². The van der Waals surface area contributed by atoms with Crippen LogP contribution in [0.25, 0.3) is 22.4 Å². The third kappa shape index (κ3) is 3.23. The van der Waals surface area contributed by atoms with Crippen molar-refractivity contribution in [1.82, 2.24) is 5.16 Å². The van der Waals surface area contributed by atoms with Crippen LogP contribution < -0.4 is 5.14 Å². The van der Waals surface area contributed by atoms with Gasteiger partial charge in [-0.1, -0.05) is 23.4 Å². The van der Waals surface area contributed by atoms with E-state index in [2.05, 4.69) is 5.16 Å². The number of benzene rings is 2. The van der Waals surface area contributed by atoms with E-state index in [-0.39, 0.29) is 22.6 Å². The van der Waals surface area contributed by atoms with Crippen LogP contribution in [0.15, 0.2) is 45.8 Å². The number of nitrogens with zero attached hydrogens (tertiary/aromatic N) is 1. The number of rotatable bonds is 4. The summed E-state index contributed by atoms with van der Waals surface area (Å²) in [6.07, 6.45) is 0. The van der Waals surface area contributed by atoms with Crippen LogP contribution >= 0.6 is 0 Å². The first-order valence-electron chi connectivity index (χ1n) is 7.36. The molecule has 1 aromatic heterocycles. The van der Waals surface area contributed by atoms with Crippen LogP contribution in [0.1, 0.15) is 11.3 Å². The van der Waals surface area contributed by atoms with Gasteiger partial charge < -0.3 is 4.52 Å². The van der Waals surface area contributed by atoms with E-state index in [9.17, 15) is 21.6 Å². The largest absolute Gasteiger partial charge is 0.357 e. The van der Waals surface area contributed by atoms with E-state index in [1.165, 1.54) is 18.2 Å². The molecular weight excluding hydrogens is 369 g/mol. The van der Waals surface area contributed by atoms with Gasteiger partial charge in [0, 0.05) is 5.56 Å². The minimum absolute atomic E-state index is 0.107. The Morgan fingerprint density at radius 2 is 1.73 bits per heavy atom. The van der Waals surface area contributed by atoms with Gasteiger partial charge in [0.05, 0.1) is 5.56 Å². The molecule has 2 N–H and O–H groups in total. The van der Waals surface area contributed by atoms with Gasteiger partial charge in [0.15, 0.2) is 12.4 Å². The van der Waals surface area contributed by atoms with Crippen molar-refractivity contribution < 1.29 is 26.1 Å². The molecule has 2 aromatic carbocycles. The fourth-order valence-electron chi connectivity index (χ4n) is 2.54. The summed E-state index contributed by atoms with van der Waals surface area (Å²) in [6, 6.07) is 7.39. The van der Waals surface area contributed by atoms with Crippen molar-refractivity contribution in [3.8, 4) is 22.4 Å². The molecule has 0 aliphatic carbocycles. The first-order chi connectivity index (χ1) is 12.2. The van der Waals surface area contributed by atoms with Crippen LogP contribution in [-0.4, -0.2) is 13.6 Å². The highest BCUT2D eigenvalue weighted by atomic mass is 32.2. The van der Waals surface area contributed by atoms with Crippen LogP contribution in [-0.2, 0) is 16.7 Å². The van der Waals surface area contributed by atoms with Crippen LogP contribution in [0.3, 0.4) is 0 Å². The summed E-state index contributed by atoms with van der Waals surface area (Å²) in [4.78, 5) is -0.692. The van der Waals surface area contributed by atoms with Gasteiger partial charge >= 0.3 is 0 Å². The molecular formula is C17H13F3N2O3S. The van der Waals surface area contributed by atoms with Gasteiger partial charge in [0.2, 0.25) is 10.0 Å². The molecule has 0 amide bonds. The fraction of sp³-hybridized carbons (Fsp3) is 0.118. The lowest BCUT2D eigenvalue weighted by molar-refractivity contribution is 0.332. The van der Waals surface area contributed by atoms with Gasteiger partial charge in [-0.2, -0.15) is 0 Å². The van der Waals surface area contributed by atoms with Gasteiger partial charge in [-0.3, -0.25) is 0 Å². The van der Waals surface area contributed by atoms with Crippen molar-refractivity contribution in [2.45, 2.75) is 18.5 Å². The Hall–Kier alpha value is -2.65. The Bertz CT molecular complexity index is 1090. The first-order valence-corrected chi connectivity index (χ1v) is 8.90. The third-order valence-corrected chi connectivity index (χ3v) is 4.80. The molecule has 26 heavy (non-hydrogen) atoms. The van der Waals surface area contributed by atoms with E-state index in [0.717, 1.165) is 12.1 Å². The number of alkyl halides is 1. The molecule has 136 valence electrons. The Morgan fingerprint density at radius 1 is 1.08 bits per heavy atom. The minimum Gasteiger partial charge on any atom is -0.357 e. The highest BCUT2D eigenvalue weighted by molar-refractivity contribution is 7.89. The van der Waals surface area contributed by atoms with Crippen LogP contribution in [0, 0.1) is 18.6 Å². The maximum absolute atomic E-state index is 14.2. The highest BCUT2D eigenvalue weighted by Crippen LogP contribution is 2.36. The summed E-state index contributed by atoms with van der Waals surface area (Å²) >= 11 is 0. The zero-order valence-electron chi connectivity index (χ0n) is 13.5. The summed E-state index contributed by atoms with van der Waals surface area (Å²) in [7, 11) is -4.25. The van der Waals surface area contributed by atoms with E-state index in [1.807, 2.05) is 0 Å². The van der Waals surface area contributed by atoms with Gasteiger partial charge in [-0.15, -0.1) is 0 Å². The molecule has 0 spiro atoms. The van der Waals surface area contributed by atoms with E-state index in [1.54, 1.807) is 13.0 Å². The predicted octanol–water partition coefficient (Wildman–Crippen LogP) is 3.71. The number of hydrogen-bond acceptors (Lipinski definition) is 4. The summed E-state index contributed by atoms with van der Waals surface area (Å²) in [5.41, 5.74) is 1.06. The molecule has 3 aromatic rings. The minimum atomic E-state index is -4.25. The summed E-state index contributed by atoms with van der Waals surface area (Å²) < 4.78 is 68.9. The maximum atomic E-state index is 14.2. The van der Waals surface area contributed by atoms with Crippen LogP contribution in [0.4, 0.5) is 13.2 Å². The number of sulfonamides is 1. The topological polar surface area (TPSA) is 86.2 Å². The molecule has 9 heteroatoms. The van der Waals surface area contributed by atoms with Crippen molar-refractivity contribution in [3.63, 3.8) is 0 Å². The second kappa shape index (κ2) is 6.58. The SMILES string of the molecule is Cc1ccc(-c2noc(CF)c2-c2ccc(S(N)(=O)=O)c(F)c2)cc1F. The standard InChI is InChI=1S/C17H13F3N2O3S/c1-9-2-3-11(7-12(9)19)17-16(14(8-18)25-22-17)10-4-5-15(13(20)6-10)26(21,23)24/h2-7H,8H2,1H3,(H2,21,23,24). The molecule has 0 unspecified atom stereocenters.